The van der Waals surface area contributed by atoms with E-state index in [9.17, 15) is 4.79 Å². The van der Waals surface area contributed by atoms with Crippen molar-refractivity contribution in [3.63, 3.8) is 0 Å². The number of guanidine groups is 1. The second-order valence-electron chi connectivity index (χ2n) is 7.01. The van der Waals surface area contributed by atoms with Gasteiger partial charge in [0.2, 0.25) is 0 Å². The van der Waals surface area contributed by atoms with Gasteiger partial charge in [0, 0.05) is 46.4 Å². The third kappa shape index (κ3) is 9.50. The minimum absolute atomic E-state index is 0.267. The SMILES string of the molecule is COCCOCCCCN=C(N)N1CCN(C(=O)OC(C)(C)C)CC1. The van der Waals surface area contributed by atoms with Crippen molar-refractivity contribution >= 4 is 12.1 Å². The molecular weight excluding hydrogens is 324 g/mol. The van der Waals surface area contributed by atoms with Gasteiger partial charge in [0.1, 0.15) is 5.60 Å². The lowest BCUT2D eigenvalue weighted by Crippen LogP contribution is -2.53. The van der Waals surface area contributed by atoms with Gasteiger partial charge in [0.25, 0.3) is 0 Å². The number of amides is 1. The summed E-state index contributed by atoms with van der Waals surface area (Å²) in [7, 11) is 1.66. The fraction of sp³-hybridized carbons (Fsp3) is 0.882. The quantitative estimate of drug-likeness (QED) is 0.400. The first kappa shape index (κ1) is 21.5. The van der Waals surface area contributed by atoms with Crippen LogP contribution in [0.15, 0.2) is 4.99 Å². The van der Waals surface area contributed by atoms with Crippen LogP contribution in [0.25, 0.3) is 0 Å². The molecule has 0 aromatic carbocycles. The minimum Gasteiger partial charge on any atom is -0.444 e. The summed E-state index contributed by atoms with van der Waals surface area (Å²) in [4.78, 5) is 20.2. The molecule has 146 valence electrons. The number of nitrogens with two attached hydrogens (primary N) is 1. The van der Waals surface area contributed by atoms with Gasteiger partial charge in [0.15, 0.2) is 5.96 Å². The van der Waals surface area contributed by atoms with E-state index in [-0.39, 0.29) is 6.09 Å². The Kier molecular flexibility index (Phi) is 9.59. The van der Waals surface area contributed by atoms with E-state index in [0.29, 0.717) is 58.5 Å². The van der Waals surface area contributed by atoms with Crippen LogP contribution in [0.1, 0.15) is 33.6 Å². The van der Waals surface area contributed by atoms with E-state index in [0.717, 1.165) is 12.8 Å². The molecule has 2 N–H and O–H groups in total. The molecule has 1 amide bonds. The zero-order chi connectivity index (χ0) is 18.7. The average molecular weight is 358 g/mol. The summed E-state index contributed by atoms with van der Waals surface area (Å²) in [6.45, 7) is 10.8. The minimum atomic E-state index is -0.470. The highest BCUT2D eigenvalue weighted by molar-refractivity contribution is 5.78. The average Bonchev–Trinajstić information content (AvgIpc) is 2.55. The number of carbonyl (C=O) groups is 1. The molecule has 1 aliphatic heterocycles. The topological polar surface area (TPSA) is 89.6 Å². The van der Waals surface area contributed by atoms with E-state index < -0.39 is 5.60 Å². The number of unbranched alkanes of at least 4 members (excludes halogenated alkanes) is 1. The number of rotatable bonds is 8. The van der Waals surface area contributed by atoms with Crippen molar-refractivity contribution in [2.24, 2.45) is 10.7 Å². The fourth-order valence-electron chi connectivity index (χ4n) is 2.30. The van der Waals surface area contributed by atoms with Gasteiger partial charge in [-0.2, -0.15) is 0 Å². The van der Waals surface area contributed by atoms with Crippen molar-refractivity contribution in [3.8, 4) is 0 Å². The van der Waals surface area contributed by atoms with Gasteiger partial charge in [-0.25, -0.2) is 4.79 Å². The van der Waals surface area contributed by atoms with Crippen LogP contribution in [0.2, 0.25) is 0 Å². The Hall–Kier alpha value is -1.54. The van der Waals surface area contributed by atoms with Gasteiger partial charge in [-0.3, -0.25) is 4.99 Å². The van der Waals surface area contributed by atoms with Crippen molar-refractivity contribution in [3.05, 3.63) is 0 Å². The van der Waals surface area contributed by atoms with Crippen LogP contribution < -0.4 is 5.73 Å². The number of nitrogens with zero attached hydrogens (tertiary/aromatic N) is 3. The summed E-state index contributed by atoms with van der Waals surface area (Å²) >= 11 is 0. The number of ether oxygens (including phenoxy) is 3. The van der Waals surface area contributed by atoms with Crippen LogP contribution in [0.5, 0.6) is 0 Å². The molecule has 0 atom stereocenters. The summed E-state index contributed by atoms with van der Waals surface area (Å²) in [6, 6.07) is 0. The summed E-state index contributed by atoms with van der Waals surface area (Å²) < 4.78 is 15.7. The molecule has 0 radical (unpaired) electrons. The van der Waals surface area contributed by atoms with E-state index in [4.69, 9.17) is 19.9 Å². The second kappa shape index (κ2) is 11.1. The first-order valence-corrected chi connectivity index (χ1v) is 8.93. The first-order chi connectivity index (χ1) is 11.8. The van der Waals surface area contributed by atoms with Crippen LogP contribution in [-0.2, 0) is 14.2 Å². The van der Waals surface area contributed by atoms with E-state index in [1.54, 1.807) is 12.0 Å². The molecule has 1 fully saturated rings. The van der Waals surface area contributed by atoms with Gasteiger partial charge in [0.05, 0.1) is 13.2 Å². The Bertz CT molecular complexity index is 415. The smallest absolute Gasteiger partial charge is 0.410 e. The molecule has 0 aromatic rings. The van der Waals surface area contributed by atoms with Crippen molar-refractivity contribution in [1.29, 1.82) is 0 Å². The molecule has 1 saturated heterocycles. The van der Waals surface area contributed by atoms with Crippen LogP contribution in [0.3, 0.4) is 0 Å². The zero-order valence-electron chi connectivity index (χ0n) is 16.1. The maximum atomic E-state index is 12.0. The molecular formula is C17H34N4O4. The summed E-state index contributed by atoms with van der Waals surface area (Å²) in [6.07, 6.45) is 1.62. The third-order valence-electron chi connectivity index (χ3n) is 3.66. The Morgan fingerprint density at radius 2 is 1.68 bits per heavy atom. The highest BCUT2D eigenvalue weighted by Gasteiger charge is 2.26. The standard InChI is InChI=1S/C17H34N4O4/c1-17(2,3)25-16(22)21-10-8-20(9-11-21)15(18)19-7-5-6-12-24-14-13-23-4/h5-14H2,1-4H3,(H2,18,19). The Labute approximate surface area is 151 Å². The summed E-state index contributed by atoms with van der Waals surface area (Å²) in [5.74, 6) is 0.546. The van der Waals surface area contributed by atoms with Crippen LogP contribution >= 0.6 is 0 Å². The lowest BCUT2D eigenvalue weighted by molar-refractivity contribution is 0.0186. The first-order valence-electron chi connectivity index (χ1n) is 8.93. The molecule has 0 unspecified atom stereocenters. The Morgan fingerprint density at radius 1 is 1.04 bits per heavy atom. The number of methoxy groups -OCH3 is 1. The molecule has 0 saturated carbocycles. The third-order valence-corrected chi connectivity index (χ3v) is 3.66. The largest absolute Gasteiger partial charge is 0.444 e. The lowest BCUT2D eigenvalue weighted by atomic mass is 10.2. The monoisotopic (exact) mass is 358 g/mol. The van der Waals surface area contributed by atoms with Gasteiger partial charge in [-0.15, -0.1) is 0 Å². The van der Waals surface area contributed by atoms with E-state index in [2.05, 4.69) is 4.99 Å². The maximum Gasteiger partial charge on any atom is 0.410 e. The number of aliphatic imine (C=N–C) groups is 1. The molecule has 0 aliphatic carbocycles. The van der Waals surface area contributed by atoms with Crippen LogP contribution in [0.4, 0.5) is 4.79 Å². The van der Waals surface area contributed by atoms with Crippen molar-refractivity contribution in [1.82, 2.24) is 9.80 Å². The highest BCUT2D eigenvalue weighted by atomic mass is 16.6. The summed E-state index contributed by atoms with van der Waals surface area (Å²) in [5.41, 5.74) is 5.58. The Morgan fingerprint density at radius 3 is 2.28 bits per heavy atom. The molecule has 0 spiro atoms. The molecule has 1 heterocycles. The van der Waals surface area contributed by atoms with Crippen LogP contribution in [-0.4, -0.2) is 87.1 Å². The zero-order valence-corrected chi connectivity index (χ0v) is 16.1. The number of hydrogen-bond acceptors (Lipinski definition) is 5. The van der Waals surface area contributed by atoms with E-state index in [1.807, 2.05) is 25.7 Å². The normalized spacial score (nSPS) is 16.2. The van der Waals surface area contributed by atoms with Gasteiger partial charge in [-0.1, -0.05) is 0 Å². The highest BCUT2D eigenvalue weighted by Crippen LogP contribution is 2.11. The summed E-state index contributed by atoms with van der Waals surface area (Å²) in [5, 5.41) is 0. The van der Waals surface area contributed by atoms with Gasteiger partial charge in [-0.05, 0) is 33.6 Å². The van der Waals surface area contributed by atoms with Gasteiger partial charge < -0.3 is 29.7 Å². The molecule has 0 aromatic heterocycles. The molecule has 0 bridgehead atoms. The molecule has 8 nitrogen and oxygen atoms in total. The molecule has 25 heavy (non-hydrogen) atoms. The molecule has 1 rings (SSSR count). The predicted molar refractivity (Wildman–Crippen MR) is 97.8 cm³/mol. The van der Waals surface area contributed by atoms with Gasteiger partial charge >= 0.3 is 6.09 Å². The maximum absolute atomic E-state index is 12.0. The Balaban J connectivity index is 2.19. The van der Waals surface area contributed by atoms with E-state index in [1.165, 1.54) is 0 Å². The van der Waals surface area contributed by atoms with Crippen LogP contribution in [0, 0.1) is 0 Å². The number of piperazine rings is 1. The molecule has 8 heteroatoms. The fourth-order valence-corrected chi connectivity index (χ4v) is 2.30. The number of hydrogen-bond donors (Lipinski definition) is 1. The van der Waals surface area contributed by atoms with Crippen molar-refractivity contribution in [2.45, 2.75) is 39.2 Å². The van der Waals surface area contributed by atoms with Crippen molar-refractivity contribution < 1.29 is 19.0 Å². The number of carbonyl (C=O) groups excluding carboxylic acids is 1. The van der Waals surface area contributed by atoms with E-state index >= 15 is 0 Å². The van der Waals surface area contributed by atoms with Crippen molar-refractivity contribution in [2.75, 3.05) is 59.7 Å². The second-order valence-corrected chi connectivity index (χ2v) is 7.01. The lowest BCUT2D eigenvalue weighted by Gasteiger charge is -2.36. The predicted octanol–water partition coefficient (Wildman–Crippen LogP) is 1.30. The molecule has 1 aliphatic rings.